The largest absolute Gasteiger partial charge is 0.497 e. The van der Waals surface area contributed by atoms with Crippen LogP contribution < -0.4 is 9.47 Å². The van der Waals surface area contributed by atoms with Gasteiger partial charge < -0.3 is 14.0 Å². The fraction of sp³-hybridized carbons (Fsp3) is 0.158. The number of benzene rings is 2. The van der Waals surface area contributed by atoms with Crippen molar-refractivity contribution in [3.05, 3.63) is 65.7 Å². The number of ether oxygens (including phenoxy) is 2. The number of nitrogens with zero attached hydrogens (tertiary/aromatic N) is 6. The van der Waals surface area contributed by atoms with Gasteiger partial charge in [-0.1, -0.05) is 23.5 Å². The molecule has 0 aliphatic heterocycles. The van der Waals surface area contributed by atoms with E-state index in [9.17, 15) is 0 Å². The smallest absolute Gasteiger partial charge is 0.234 e. The zero-order valence-corrected chi connectivity index (χ0v) is 17.1. The quantitative estimate of drug-likeness (QED) is 0.411. The van der Waals surface area contributed by atoms with Crippen molar-refractivity contribution >= 4 is 39.7 Å². The number of halogens is 1. The molecule has 0 aliphatic carbocycles. The highest BCUT2D eigenvalue weighted by atomic mass is 35.5. The number of aromatic nitrogens is 6. The summed E-state index contributed by atoms with van der Waals surface area (Å²) in [6, 6.07) is 15.5. The Morgan fingerprint density at radius 2 is 1.79 bits per heavy atom. The van der Waals surface area contributed by atoms with Crippen molar-refractivity contribution in [1.82, 2.24) is 29.4 Å². The molecule has 0 saturated carbocycles. The summed E-state index contributed by atoms with van der Waals surface area (Å²) in [4.78, 5) is 5.16. The van der Waals surface area contributed by atoms with E-state index >= 15 is 0 Å². The second-order valence-electron chi connectivity index (χ2n) is 6.13. The van der Waals surface area contributed by atoms with Gasteiger partial charge in [-0.05, 0) is 36.4 Å². The Hall–Kier alpha value is -3.17. The van der Waals surface area contributed by atoms with Gasteiger partial charge in [0.05, 0.1) is 31.0 Å². The molecule has 5 rings (SSSR count). The number of methoxy groups -OCH3 is 1. The van der Waals surface area contributed by atoms with Crippen molar-refractivity contribution in [3.8, 4) is 11.5 Å². The minimum Gasteiger partial charge on any atom is -0.497 e. The van der Waals surface area contributed by atoms with Gasteiger partial charge in [0.25, 0.3) is 0 Å². The second-order valence-corrected chi connectivity index (χ2v) is 7.17. The molecule has 148 valence electrons. The van der Waals surface area contributed by atoms with E-state index in [-0.39, 0.29) is 12.4 Å². The molecule has 0 bridgehead atoms. The molecule has 0 saturated heterocycles. The van der Waals surface area contributed by atoms with Crippen LogP contribution in [-0.4, -0.2) is 36.5 Å². The predicted molar refractivity (Wildman–Crippen MR) is 112 cm³/mol. The molecule has 0 unspecified atom stereocenters. The van der Waals surface area contributed by atoms with E-state index in [4.69, 9.17) is 9.47 Å². The van der Waals surface area contributed by atoms with Gasteiger partial charge >= 0.3 is 0 Å². The summed E-state index contributed by atoms with van der Waals surface area (Å²) >= 11 is 1.46. The number of para-hydroxylation sites is 2. The number of imidazole rings is 1. The first-order valence-corrected chi connectivity index (χ1v) is 9.48. The van der Waals surface area contributed by atoms with Gasteiger partial charge in [0.15, 0.2) is 10.8 Å². The van der Waals surface area contributed by atoms with Crippen LogP contribution in [0.1, 0.15) is 10.8 Å². The minimum atomic E-state index is 0. The normalized spacial score (nSPS) is 10.9. The SMILES string of the molecule is COc1ccc(OCc2nn3c(Cn4cnc5ccccc54)nnc3s2)cc1.Cl. The fourth-order valence-corrected chi connectivity index (χ4v) is 3.73. The zero-order chi connectivity index (χ0) is 18.9. The zero-order valence-electron chi connectivity index (χ0n) is 15.4. The van der Waals surface area contributed by atoms with E-state index in [1.54, 1.807) is 11.6 Å². The van der Waals surface area contributed by atoms with Crippen LogP contribution in [0, 0.1) is 0 Å². The predicted octanol–water partition coefficient (Wildman–Crippen LogP) is 3.59. The molecule has 0 spiro atoms. The average Bonchev–Trinajstić information content (AvgIpc) is 3.43. The third-order valence-corrected chi connectivity index (χ3v) is 5.23. The first kappa shape index (κ1) is 19.2. The molecule has 0 aliphatic rings. The van der Waals surface area contributed by atoms with Gasteiger partial charge in [0.2, 0.25) is 4.96 Å². The summed E-state index contributed by atoms with van der Waals surface area (Å²) in [5.41, 5.74) is 2.01. The summed E-state index contributed by atoms with van der Waals surface area (Å²) in [6.45, 7) is 0.915. The van der Waals surface area contributed by atoms with E-state index in [1.807, 2.05) is 59.4 Å². The van der Waals surface area contributed by atoms with E-state index < -0.39 is 0 Å². The van der Waals surface area contributed by atoms with Gasteiger partial charge in [-0.2, -0.15) is 9.61 Å². The first-order chi connectivity index (χ1) is 13.8. The standard InChI is InChI=1S/C19H16N6O2S.ClH/c1-26-13-6-8-14(9-7-13)27-11-18-23-25-17(21-22-19(25)28-18)10-24-12-20-15-4-2-3-5-16(15)24;/h2-9,12H,10-11H2,1H3;1H. The lowest BCUT2D eigenvalue weighted by atomic mass is 10.3. The van der Waals surface area contributed by atoms with Crippen LogP contribution in [0.2, 0.25) is 0 Å². The minimum absolute atomic E-state index is 0. The number of hydrogen-bond acceptors (Lipinski definition) is 7. The lowest BCUT2D eigenvalue weighted by Gasteiger charge is -2.04. The Balaban J connectivity index is 0.00000205. The Labute approximate surface area is 176 Å². The van der Waals surface area contributed by atoms with Crippen LogP contribution in [0.25, 0.3) is 16.0 Å². The van der Waals surface area contributed by atoms with Crippen molar-refractivity contribution in [2.24, 2.45) is 0 Å². The van der Waals surface area contributed by atoms with Crippen molar-refractivity contribution < 1.29 is 9.47 Å². The summed E-state index contributed by atoms with van der Waals surface area (Å²) < 4.78 is 14.8. The topological polar surface area (TPSA) is 79.4 Å². The fourth-order valence-electron chi connectivity index (χ4n) is 2.96. The third-order valence-electron chi connectivity index (χ3n) is 4.36. The Kier molecular flexibility index (Phi) is 5.32. The Morgan fingerprint density at radius 3 is 2.62 bits per heavy atom. The van der Waals surface area contributed by atoms with Gasteiger partial charge in [-0.15, -0.1) is 22.6 Å². The lowest BCUT2D eigenvalue weighted by Crippen LogP contribution is -2.05. The molecule has 10 heteroatoms. The molecule has 5 aromatic rings. The number of fused-ring (bicyclic) bond motifs is 2. The van der Waals surface area contributed by atoms with E-state index in [0.29, 0.717) is 13.2 Å². The van der Waals surface area contributed by atoms with Crippen molar-refractivity contribution in [1.29, 1.82) is 0 Å². The molecule has 8 nitrogen and oxygen atoms in total. The number of hydrogen-bond donors (Lipinski definition) is 0. The van der Waals surface area contributed by atoms with Gasteiger partial charge in [-0.3, -0.25) is 0 Å². The van der Waals surface area contributed by atoms with Gasteiger partial charge in [0, 0.05) is 0 Å². The molecule has 0 atom stereocenters. The highest BCUT2D eigenvalue weighted by Gasteiger charge is 2.14. The first-order valence-electron chi connectivity index (χ1n) is 8.67. The second kappa shape index (κ2) is 8.06. The van der Waals surface area contributed by atoms with Crippen LogP contribution in [0.15, 0.2) is 54.9 Å². The highest BCUT2D eigenvalue weighted by Crippen LogP contribution is 2.21. The summed E-state index contributed by atoms with van der Waals surface area (Å²) in [5, 5.41) is 14.0. The van der Waals surface area contributed by atoms with E-state index in [2.05, 4.69) is 20.3 Å². The van der Waals surface area contributed by atoms with E-state index in [0.717, 1.165) is 38.3 Å². The lowest BCUT2D eigenvalue weighted by molar-refractivity contribution is 0.303. The van der Waals surface area contributed by atoms with Gasteiger partial charge in [-0.25, -0.2) is 4.98 Å². The third kappa shape index (κ3) is 3.74. The summed E-state index contributed by atoms with van der Waals surface area (Å²) in [5.74, 6) is 2.31. The number of rotatable bonds is 6. The monoisotopic (exact) mass is 428 g/mol. The van der Waals surface area contributed by atoms with Crippen LogP contribution in [0.3, 0.4) is 0 Å². The summed E-state index contributed by atoms with van der Waals surface area (Å²) in [7, 11) is 1.64. The van der Waals surface area contributed by atoms with Crippen LogP contribution in [-0.2, 0) is 13.2 Å². The van der Waals surface area contributed by atoms with Crippen LogP contribution >= 0.6 is 23.7 Å². The van der Waals surface area contributed by atoms with Crippen molar-refractivity contribution in [2.75, 3.05) is 7.11 Å². The van der Waals surface area contributed by atoms with Crippen LogP contribution in [0.5, 0.6) is 11.5 Å². The maximum Gasteiger partial charge on any atom is 0.234 e. The maximum atomic E-state index is 5.81. The van der Waals surface area contributed by atoms with E-state index in [1.165, 1.54) is 11.3 Å². The Bertz CT molecular complexity index is 1250. The highest BCUT2D eigenvalue weighted by molar-refractivity contribution is 7.16. The molecule has 0 N–H and O–H groups in total. The molecule has 2 aromatic carbocycles. The maximum absolute atomic E-state index is 5.81. The molecule has 29 heavy (non-hydrogen) atoms. The van der Waals surface area contributed by atoms with Gasteiger partial charge in [0.1, 0.15) is 18.1 Å². The molecule has 0 fully saturated rings. The summed E-state index contributed by atoms with van der Waals surface area (Å²) in [6.07, 6.45) is 1.81. The molecule has 0 radical (unpaired) electrons. The molecular formula is C19H17ClN6O2S. The van der Waals surface area contributed by atoms with Crippen LogP contribution in [0.4, 0.5) is 0 Å². The molecular weight excluding hydrogens is 412 g/mol. The Morgan fingerprint density at radius 1 is 1.00 bits per heavy atom. The molecule has 3 heterocycles. The average molecular weight is 429 g/mol. The molecule has 0 amide bonds. The van der Waals surface area contributed by atoms with Crippen molar-refractivity contribution in [2.45, 2.75) is 13.2 Å². The van der Waals surface area contributed by atoms with Crippen molar-refractivity contribution in [3.63, 3.8) is 0 Å². The molecule has 3 aromatic heterocycles.